The molecule has 1 saturated heterocycles. The molecule has 0 radical (unpaired) electrons. The molecule has 0 bridgehead atoms. The quantitative estimate of drug-likeness (QED) is 0.687. The van der Waals surface area contributed by atoms with Gasteiger partial charge in [0.2, 0.25) is 5.91 Å². The van der Waals surface area contributed by atoms with Crippen LogP contribution in [0.15, 0.2) is 24.3 Å². The standard InChI is InChI=1S/C17H24N2O5S.ClH/c1-3-24-15(20)14-6-4-13(5-7-14)12-19-16(21)17(25(2,22)23)8-10-18-11-9-17;/h4-7,18H,3,8-12H2,1-2H3,(H,19,21);1H. The van der Waals surface area contributed by atoms with Crippen molar-refractivity contribution in [1.82, 2.24) is 10.6 Å². The highest BCUT2D eigenvalue weighted by atomic mass is 35.5. The van der Waals surface area contributed by atoms with Crippen LogP contribution in [0.5, 0.6) is 0 Å². The molecule has 0 spiro atoms. The maximum atomic E-state index is 12.6. The second kappa shape index (κ2) is 9.34. The number of carbonyl (C=O) groups is 2. The van der Waals surface area contributed by atoms with Gasteiger partial charge in [-0.2, -0.15) is 0 Å². The predicted molar refractivity (Wildman–Crippen MR) is 101 cm³/mol. The Hall–Kier alpha value is -1.64. The summed E-state index contributed by atoms with van der Waals surface area (Å²) in [5.74, 6) is -0.866. The number of carbonyl (C=O) groups excluding carboxylic acids is 2. The smallest absolute Gasteiger partial charge is 0.338 e. The van der Waals surface area contributed by atoms with Gasteiger partial charge in [-0.05, 0) is 50.6 Å². The lowest BCUT2D eigenvalue weighted by atomic mass is 9.95. The molecule has 146 valence electrons. The van der Waals surface area contributed by atoms with E-state index in [9.17, 15) is 18.0 Å². The highest BCUT2D eigenvalue weighted by molar-refractivity contribution is 7.92. The van der Waals surface area contributed by atoms with Crippen LogP contribution in [0, 0.1) is 0 Å². The van der Waals surface area contributed by atoms with Crippen LogP contribution in [0.3, 0.4) is 0 Å². The number of piperidine rings is 1. The van der Waals surface area contributed by atoms with E-state index in [-0.39, 0.29) is 31.8 Å². The zero-order valence-corrected chi connectivity index (χ0v) is 16.5. The van der Waals surface area contributed by atoms with Crippen molar-refractivity contribution < 1.29 is 22.7 Å². The van der Waals surface area contributed by atoms with Crippen LogP contribution in [0.4, 0.5) is 0 Å². The molecule has 0 unspecified atom stereocenters. The molecule has 26 heavy (non-hydrogen) atoms. The largest absolute Gasteiger partial charge is 0.462 e. The van der Waals surface area contributed by atoms with Crippen molar-refractivity contribution in [2.45, 2.75) is 31.1 Å². The summed E-state index contributed by atoms with van der Waals surface area (Å²) >= 11 is 0. The SMILES string of the molecule is CCOC(=O)c1ccc(CNC(=O)C2(S(C)(=O)=O)CCNCC2)cc1.Cl. The van der Waals surface area contributed by atoms with E-state index in [1.54, 1.807) is 31.2 Å². The van der Waals surface area contributed by atoms with Gasteiger partial charge in [0.15, 0.2) is 14.6 Å². The first-order valence-electron chi connectivity index (χ1n) is 8.25. The number of esters is 1. The Labute approximate surface area is 160 Å². The second-order valence-electron chi connectivity index (χ2n) is 6.12. The van der Waals surface area contributed by atoms with Gasteiger partial charge < -0.3 is 15.4 Å². The summed E-state index contributed by atoms with van der Waals surface area (Å²) < 4.78 is 27.9. The van der Waals surface area contributed by atoms with E-state index in [1.165, 1.54) is 0 Å². The molecular weight excluding hydrogens is 380 g/mol. The molecule has 1 aromatic rings. The monoisotopic (exact) mass is 404 g/mol. The third-order valence-electron chi connectivity index (χ3n) is 4.45. The summed E-state index contributed by atoms with van der Waals surface area (Å²) in [7, 11) is -3.53. The maximum absolute atomic E-state index is 12.6. The summed E-state index contributed by atoms with van der Waals surface area (Å²) in [6, 6.07) is 6.66. The lowest BCUT2D eigenvalue weighted by molar-refractivity contribution is -0.124. The second-order valence-corrected chi connectivity index (χ2v) is 8.44. The van der Waals surface area contributed by atoms with Crippen molar-refractivity contribution >= 4 is 34.1 Å². The summed E-state index contributed by atoms with van der Waals surface area (Å²) in [4.78, 5) is 24.2. The number of sulfone groups is 1. The van der Waals surface area contributed by atoms with Gasteiger partial charge in [0.25, 0.3) is 0 Å². The van der Waals surface area contributed by atoms with E-state index in [0.29, 0.717) is 25.3 Å². The first-order chi connectivity index (χ1) is 11.8. The molecule has 9 heteroatoms. The van der Waals surface area contributed by atoms with Gasteiger partial charge in [-0.25, -0.2) is 13.2 Å². The Morgan fingerprint density at radius 1 is 1.19 bits per heavy atom. The zero-order chi connectivity index (χ0) is 18.5. The lowest BCUT2D eigenvalue weighted by Crippen LogP contribution is -2.57. The van der Waals surface area contributed by atoms with E-state index in [0.717, 1.165) is 11.8 Å². The van der Waals surface area contributed by atoms with Crippen molar-refractivity contribution in [3.05, 3.63) is 35.4 Å². The fraction of sp³-hybridized carbons (Fsp3) is 0.529. The highest BCUT2D eigenvalue weighted by Crippen LogP contribution is 2.28. The van der Waals surface area contributed by atoms with Crippen molar-refractivity contribution in [1.29, 1.82) is 0 Å². The van der Waals surface area contributed by atoms with Gasteiger partial charge in [0.1, 0.15) is 0 Å². The number of benzene rings is 1. The van der Waals surface area contributed by atoms with Gasteiger partial charge in [-0.1, -0.05) is 12.1 Å². The van der Waals surface area contributed by atoms with Gasteiger partial charge >= 0.3 is 5.97 Å². The van der Waals surface area contributed by atoms with E-state index in [2.05, 4.69) is 10.6 Å². The molecule has 0 aromatic heterocycles. The van der Waals surface area contributed by atoms with Crippen molar-refractivity contribution in [2.24, 2.45) is 0 Å². The number of amides is 1. The first kappa shape index (κ1) is 22.4. The van der Waals surface area contributed by atoms with Crippen LogP contribution >= 0.6 is 12.4 Å². The van der Waals surface area contributed by atoms with E-state index in [1.807, 2.05) is 0 Å². The van der Waals surface area contributed by atoms with Crippen molar-refractivity contribution in [3.8, 4) is 0 Å². The Kier molecular flexibility index (Phi) is 8.05. The van der Waals surface area contributed by atoms with Gasteiger partial charge in [-0.3, -0.25) is 4.79 Å². The summed E-state index contributed by atoms with van der Waals surface area (Å²) in [5.41, 5.74) is 1.21. The van der Waals surface area contributed by atoms with E-state index >= 15 is 0 Å². The molecule has 1 aliphatic heterocycles. The van der Waals surface area contributed by atoms with Gasteiger partial charge in [0, 0.05) is 12.8 Å². The van der Waals surface area contributed by atoms with Crippen LogP contribution in [0.2, 0.25) is 0 Å². The van der Waals surface area contributed by atoms with Gasteiger partial charge in [0.05, 0.1) is 12.2 Å². The van der Waals surface area contributed by atoms with Crippen LogP contribution in [-0.2, 0) is 25.9 Å². The molecule has 1 aromatic carbocycles. The van der Waals surface area contributed by atoms with Gasteiger partial charge in [-0.15, -0.1) is 12.4 Å². The third kappa shape index (κ3) is 4.96. The van der Waals surface area contributed by atoms with E-state index in [4.69, 9.17) is 4.74 Å². The number of ether oxygens (including phenoxy) is 1. The number of halogens is 1. The summed E-state index contributed by atoms with van der Waals surface area (Å²) in [5, 5.41) is 5.81. The van der Waals surface area contributed by atoms with Crippen molar-refractivity contribution in [3.63, 3.8) is 0 Å². The minimum absolute atomic E-state index is 0. The Bertz CT molecular complexity index is 728. The number of rotatable bonds is 6. The normalized spacial score (nSPS) is 16.2. The average Bonchev–Trinajstić information content (AvgIpc) is 2.60. The van der Waals surface area contributed by atoms with Crippen LogP contribution in [0.1, 0.15) is 35.7 Å². The molecule has 0 saturated carbocycles. The number of hydrogen-bond donors (Lipinski definition) is 2. The number of hydrogen-bond acceptors (Lipinski definition) is 6. The first-order valence-corrected chi connectivity index (χ1v) is 10.1. The fourth-order valence-corrected chi connectivity index (χ4v) is 4.27. The lowest BCUT2D eigenvalue weighted by Gasteiger charge is -2.34. The van der Waals surface area contributed by atoms with E-state index < -0.39 is 26.5 Å². The molecular formula is C17H25ClN2O5S. The average molecular weight is 405 g/mol. The van der Waals surface area contributed by atoms with Crippen LogP contribution in [-0.4, -0.2) is 51.0 Å². The van der Waals surface area contributed by atoms with Crippen LogP contribution < -0.4 is 10.6 Å². The molecule has 2 rings (SSSR count). The maximum Gasteiger partial charge on any atom is 0.338 e. The summed E-state index contributed by atoms with van der Waals surface area (Å²) in [6.45, 7) is 3.23. The predicted octanol–water partition coefficient (Wildman–Crippen LogP) is 1.07. The Morgan fingerprint density at radius 3 is 2.27 bits per heavy atom. The van der Waals surface area contributed by atoms with Crippen molar-refractivity contribution in [2.75, 3.05) is 26.0 Å². The molecule has 0 aliphatic carbocycles. The zero-order valence-electron chi connectivity index (χ0n) is 14.9. The fourth-order valence-electron chi connectivity index (χ4n) is 2.91. The molecule has 2 N–H and O–H groups in total. The molecule has 1 heterocycles. The molecule has 7 nitrogen and oxygen atoms in total. The minimum Gasteiger partial charge on any atom is -0.462 e. The molecule has 1 aliphatic rings. The minimum atomic E-state index is -3.53. The topological polar surface area (TPSA) is 102 Å². The summed E-state index contributed by atoms with van der Waals surface area (Å²) in [6.07, 6.45) is 1.64. The molecule has 1 fully saturated rings. The number of nitrogens with one attached hydrogen (secondary N) is 2. The Balaban J connectivity index is 0.00000338. The third-order valence-corrected chi connectivity index (χ3v) is 6.47. The molecule has 0 atom stereocenters. The highest BCUT2D eigenvalue weighted by Gasteiger charge is 2.48. The Morgan fingerprint density at radius 2 is 1.77 bits per heavy atom. The van der Waals surface area contributed by atoms with Crippen LogP contribution in [0.25, 0.3) is 0 Å². The molecule has 1 amide bonds.